The molecule has 65 heavy (non-hydrogen) atoms. The maximum absolute atomic E-state index is 14.7. The second-order valence-electron chi connectivity index (χ2n) is 19.4. The average Bonchev–Trinajstić information content (AvgIpc) is 3.89. The van der Waals surface area contributed by atoms with E-state index in [1.807, 2.05) is 38.2 Å². The summed E-state index contributed by atoms with van der Waals surface area (Å²) in [6, 6.07) is 12.7. The van der Waals surface area contributed by atoms with Crippen molar-refractivity contribution in [3.63, 3.8) is 0 Å². The number of likely N-dealkylation sites (tertiary alicyclic amines) is 1. The van der Waals surface area contributed by atoms with E-state index in [1.54, 1.807) is 24.1 Å². The van der Waals surface area contributed by atoms with E-state index >= 15 is 0 Å². The number of ether oxygens (including phenoxy) is 1. The highest BCUT2D eigenvalue weighted by Gasteiger charge is 2.40. The molecule has 3 aliphatic rings. The fourth-order valence-electron chi connectivity index (χ4n) is 9.99. The normalized spacial score (nSPS) is 20.7. The monoisotopic (exact) mass is 887 g/mol. The highest BCUT2D eigenvalue weighted by molar-refractivity contribution is 5.96. The lowest BCUT2D eigenvalue weighted by molar-refractivity contribution is -0.155. The van der Waals surface area contributed by atoms with E-state index in [-0.39, 0.29) is 55.5 Å². The van der Waals surface area contributed by atoms with Crippen LogP contribution >= 0.6 is 0 Å². The molecule has 2 fully saturated rings. The van der Waals surface area contributed by atoms with Crippen LogP contribution in [0.5, 0.6) is 5.75 Å². The maximum Gasteiger partial charge on any atom is 0.324 e. The van der Waals surface area contributed by atoms with Crippen molar-refractivity contribution in [1.29, 1.82) is 0 Å². The summed E-state index contributed by atoms with van der Waals surface area (Å²) in [7, 11) is 1.58. The molecule has 0 saturated carbocycles. The van der Waals surface area contributed by atoms with E-state index in [2.05, 4.69) is 74.7 Å². The Morgan fingerprint density at radius 1 is 1.06 bits per heavy atom. The SMILES string of the molecule is C=CC(=O)N1CC[C@H](C(=O)N(C)[C@H](C(=O)N[C@H]2Cc3cc(O)cc(c3)-c3ccc4c(c3)c(c(-c3cccnc3C(C)C)n4CC)CC(C)(C)COC(=O)[C@@H]3CCCN(N3)C2=O)C(C)C)C1. The van der Waals surface area contributed by atoms with Crippen molar-refractivity contribution in [3.8, 4) is 28.1 Å². The Balaban J connectivity index is 1.31. The number of hydrogen-bond acceptors (Lipinski definition) is 9. The van der Waals surface area contributed by atoms with Crippen molar-refractivity contribution in [2.45, 2.75) is 111 Å². The molecule has 0 unspecified atom stereocenters. The van der Waals surface area contributed by atoms with Gasteiger partial charge in [0.1, 0.15) is 23.9 Å². The third kappa shape index (κ3) is 9.83. The molecule has 4 aromatic rings. The molecular formula is C51H65N7O7. The summed E-state index contributed by atoms with van der Waals surface area (Å²) >= 11 is 0. The molecule has 346 valence electrons. The molecule has 14 nitrogen and oxygen atoms in total. The number of carbonyl (C=O) groups is 5. The zero-order valence-corrected chi connectivity index (χ0v) is 39.1. The number of nitrogens with one attached hydrogen (secondary N) is 2. The van der Waals surface area contributed by atoms with Crippen molar-refractivity contribution in [3.05, 3.63) is 84.2 Å². The van der Waals surface area contributed by atoms with Crippen LogP contribution in [0.25, 0.3) is 33.3 Å². The van der Waals surface area contributed by atoms with Crippen LogP contribution in [0.2, 0.25) is 0 Å². The summed E-state index contributed by atoms with van der Waals surface area (Å²) in [5.74, 6) is -2.64. The van der Waals surface area contributed by atoms with Crippen LogP contribution in [-0.4, -0.2) is 110 Å². The van der Waals surface area contributed by atoms with Crippen molar-refractivity contribution in [1.82, 2.24) is 35.1 Å². The number of aromatic hydroxyl groups is 1. The molecule has 4 amide bonds. The van der Waals surface area contributed by atoms with E-state index in [0.29, 0.717) is 44.3 Å². The van der Waals surface area contributed by atoms with Gasteiger partial charge in [-0.3, -0.25) is 34.0 Å². The second kappa shape index (κ2) is 19.2. The van der Waals surface area contributed by atoms with E-state index < -0.39 is 47.2 Å². The molecule has 0 aliphatic carbocycles. The molecule has 6 bridgehead atoms. The molecule has 3 N–H and O–H groups in total. The zero-order valence-electron chi connectivity index (χ0n) is 39.1. The minimum Gasteiger partial charge on any atom is -0.508 e. The van der Waals surface area contributed by atoms with Gasteiger partial charge in [0.15, 0.2) is 0 Å². The van der Waals surface area contributed by atoms with Crippen LogP contribution < -0.4 is 10.7 Å². The standard InChI is InChI=1S/C51H65N7O7/c1-10-43(60)56-21-18-34(28-56)48(62)55(9)45(31(5)6)47(61)53-41-24-32-22-35(25-36(59)23-32)33-16-17-42-38(26-33)39(46(57(42)11-2)37-14-12-19-52-44(37)30(3)4)27-51(7,8)29-65-50(64)40-15-13-20-58(54-40)49(41)63/h10,12,14,16-17,19,22-23,25-26,30-31,34,40-41,45,54,59H,1,11,13,15,18,20-21,24,27-29H2,2-9H3,(H,53,61)/t34-,40-,41-,45-/m0/s1. The number of esters is 1. The van der Waals surface area contributed by atoms with Crippen LogP contribution in [0.15, 0.2) is 67.4 Å². The fourth-order valence-corrected chi connectivity index (χ4v) is 9.99. The largest absolute Gasteiger partial charge is 0.508 e. The first-order valence-electron chi connectivity index (χ1n) is 23.1. The lowest BCUT2D eigenvalue weighted by Crippen LogP contribution is -2.62. The first-order valence-corrected chi connectivity index (χ1v) is 23.1. The molecular weight excluding hydrogens is 823 g/mol. The number of aryl methyl sites for hydroxylation is 1. The number of benzene rings is 2. The Kier molecular flexibility index (Phi) is 13.9. The minimum absolute atomic E-state index is 0.0000218. The van der Waals surface area contributed by atoms with Gasteiger partial charge in [0, 0.05) is 67.7 Å². The number of fused-ring (bicyclic) bond motifs is 6. The summed E-state index contributed by atoms with van der Waals surface area (Å²) < 4.78 is 8.44. The Morgan fingerprint density at radius 3 is 2.54 bits per heavy atom. The highest BCUT2D eigenvalue weighted by Crippen LogP contribution is 2.42. The first kappa shape index (κ1) is 47.0. The maximum atomic E-state index is 14.7. The quantitative estimate of drug-likeness (QED) is 0.128. The molecule has 0 spiro atoms. The van der Waals surface area contributed by atoms with E-state index in [0.717, 1.165) is 44.5 Å². The van der Waals surface area contributed by atoms with Gasteiger partial charge in [-0.15, -0.1) is 0 Å². The topological polar surface area (TPSA) is 166 Å². The number of pyridine rings is 1. The molecule has 2 aromatic carbocycles. The van der Waals surface area contributed by atoms with Gasteiger partial charge in [-0.2, -0.15) is 0 Å². The number of hydrogen-bond donors (Lipinski definition) is 3. The van der Waals surface area contributed by atoms with Crippen molar-refractivity contribution >= 4 is 40.5 Å². The number of carbonyl (C=O) groups excluding carboxylic acids is 5. The molecule has 3 aliphatic heterocycles. The summed E-state index contributed by atoms with van der Waals surface area (Å²) in [6.07, 6.45) is 5.07. The number of cyclic esters (lactones) is 1. The van der Waals surface area contributed by atoms with E-state index in [1.165, 1.54) is 16.0 Å². The number of phenolic OH excluding ortho intramolecular Hbond substituents is 1. The Bertz CT molecular complexity index is 2490. The van der Waals surface area contributed by atoms with Gasteiger partial charge in [0.25, 0.3) is 5.91 Å². The Hall–Kier alpha value is -6.02. The van der Waals surface area contributed by atoms with Crippen LogP contribution in [0.3, 0.4) is 0 Å². The predicted octanol–water partition coefficient (Wildman–Crippen LogP) is 6.39. The van der Waals surface area contributed by atoms with Crippen LogP contribution in [-0.2, 0) is 48.1 Å². The summed E-state index contributed by atoms with van der Waals surface area (Å²) in [5.41, 5.74) is 10.1. The number of amides is 4. The van der Waals surface area contributed by atoms with Gasteiger partial charge >= 0.3 is 5.97 Å². The molecule has 4 atom stereocenters. The van der Waals surface area contributed by atoms with E-state index in [4.69, 9.17) is 9.72 Å². The van der Waals surface area contributed by atoms with E-state index in [9.17, 15) is 29.1 Å². The number of rotatable bonds is 9. The Labute approximate surface area is 382 Å². The fraction of sp³-hybridized carbons (Fsp3) is 0.490. The molecule has 2 aromatic heterocycles. The van der Waals surface area contributed by atoms with Crippen molar-refractivity contribution < 1.29 is 33.8 Å². The van der Waals surface area contributed by atoms with Crippen molar-refractivity contribution in [2.75, 3.05) is 33.3 Å². The number of phenols is 1. The van der Waals surface area contributed by atoms with Crippen LogP contribution in [0, 0.1) is 17.3 Å². The highest BCUT2D eigenvalue weighted by atomic mass is 16.5. The number of nitrogens with zero attached hydrogens (tertiary/aromatic N) is 5. The van der Waals surface area contributed by atoms with Gasteiger partial charge in [0.05, 0.1) is 23.9 Å². The number of aromatic nitrogens is 2. The van der Waals surface area contributed by atoms with Gasteiger partial charge < -0.3 is 29.5 Å². The zero-order chi connectivity index (χ0) is 46.9. The molecule has 14 heteroatoms. The van der Waals surface area contributed by atoms with Gasteiger partial charge in [-0.05, 0) is 109 Å². The molecule has 7 rings (SSSR count). The first-order chi connectivity index (χ1) is 30.9. The van der Waals surface area contributed by atoms with Gasteiger partial charge in [0.2, 0.25) is 17.7 Å². The summed E-state index contributed by atoms with van der Waals surface area (Å²) in [4.78, 5) is 77.2. The molecule has 5 heterocycles. The second-order valence-corrected chi connectivity index (χ2v) is 19.4. The minimum atomic E-state index is -1.15. The third-order valence-corrected chi connectivity index (χ3v) is 13.2. The Morgan fingerprint density at radius 2 is 1.83 bits per heavy atom. The number of likely N-dealkylation sites (N-methyl/N-ethyl adjacent to an activating group) is 1. The van der Waals surface area contributed by atoms with Crippen LogP contribution in [0.1, 0.15) is 90.5 Å². The summed E-state index contributed by atoms with van der Waals surface area (Å²) in [6.45, 7) is 19.6. The van der Waals surface area contributed by atoms with Crippen molar-refractivity contribution in [2.24, 2.45) is 17.3 Å². The molecule has 2 saturated heterocycles. The summed E-state index contributed by atoms with van der Waals surface area (Å²) in [5, 5.41) is 16.7. The lowest BCUT2D eigenvalue weighted by atomic mass is 9.83. The third-order valence-electron chi connectivity index (χ3n) is 13.2. The predicted molar refractivity (Wildman–Crippen MR) is 250 cm³/mol. The van der Waals surface area contributed by atoms with Crippen LogP contribution in [0.4, 0.5) is 0 Å². The van der Waals surface area contributed by atoms with Gasteiger partial charge in [-0.1, -0.05) is 60.3 Å². The van der Waals surface area contributed by atoms with Gasteiger partial charge in [-0.25, -0.2) is 5.43 Å². The molecule has 0 radical (unpaired) electrons. The smallest absolute Gasteiger partial charge is 0.324 e. The number of hydrazine groups is 1. The lowest BCUT2D eigenvalue weighted by Gasteiger charge is -2.37. The average molecular weight is 888 g/mol.